The van der Waals surface area contributed by atoms with E-state index in [-0.39, 0.29) is 12.6 Å². The number of aliphatic hydroxyl groups excluding tert-OH is 1. The second-order valence-corrected chi connectivity index (χ2v) is 3.61. The lowest BCUT2D eigenvalue weighted by Gasteiger charge is -2.31. The smallest absolute Gasteiger partial charge is 0.0977 e. The lowest BCUT2D eigenvalue weighted by atomic mass is 10.0. The van der Waals surface area contributed by atoms with Gasteiger partial charge in [-0.3, -0.25) is 4.90 Å². The van der Waals surface area contributed by atoms with Gasteiger partial charge in [0.25, 0.3) is 0 Å². The van der Waals surface area contributed by atoms with E-state index in [4.69, 9.17) is 10.4 Å². The number of hydrogen-bond donors (Lipinski definition) is 1. The first-order valence-corrected chi connectivity index (χ1v) is 5.13. The highest BCUT2D eigenvalue weighted by atomic mass is 16.2. The summed E-state index contributed by atoms with van der Waals surface area (Å²) in [5.74, 6) is 0. The molecule has 13 heavy (non-hydrogen) atoms. The summed E-state index contributed by atoms with van der Waals surface area (Å²) in [5.41, 5.74) is 0. The number of likely N-dealkylation sites (tertiary alicyclic amines) is 1. The Labute approximate surface area is 80.0 Å². The van der Waals surface area contributed by atoms with Crippen LogP contribution in [-0.4, -0.2) is 35.7 Å². The van der Waals surface area contributed by atoms with Crippen molar-refractivity contribution in [3.05, 3.63) is 0 Å². The van der Waals surface area contributed by atoms with Gasteiger partial charge in [-0.05, 0) is 45.2 Å². The molecule has 1 N–H and O–H groups in total. The Kier molecular flexibility index (Phi) is 4.81. The molecule has 0 spiro atoms. The molecule has 1 saturated heterocycles. The van der Waals surface area contributed by atoms with Crippen LogP contribution >= 0.6 is 0 Å². The topological polar surface area (TPSA) is 47.3 Å². The van der Waals surface area contributed by atoms with Crippen molar-refractivity contribution in [2.45, 2.75) is 38.1 Å². The maximum absolute atomic E-state index is 8.88. The normalized spacial score (nSPS) is 24.2. The summed E-state index contributed by atoms with van der Waals surface area (Å²) in [6, 6.07) is 2.48. The Morgan fingerprint density at radius 1 is 1.38 bits per heavy atom. The first-order chi connectivity index (χ1) is 6.38. The average Bonchev–Trinajstić information content (AvgIpc) is 2.19. The highest BCUT2D eigenvalue weighted by Crippen LogP contribution is 2.16. The van der Waals surface area contributed by atoms with Gasteiger partial charge >= 0.3 is 0 Å². The zero-order valence-corrected chi connectivity index (χ0v) is 8.08. The van der Waals surface area contributed by atoms with Crippen LogP contribution in [0.1, 0.15) is 32.1 Å². The predicted molar refractivity (Wildman–Crippen MR) is 51.1 cm³/mol. The molecule has 1 rings (SSSR count). The average molecular weight is 182 g/mol. The summed E-state index contributed by atoms with van der Waals surface area (Å²) >= 11 is 0. The first kappa shape index (κ1) is 10.5. The van der Waals surface area contributed by atoms with Crippen LogP contribution in [0.15, 0.2) is 0 Å². The van der Waals surface area contributed by atoms with E-state index in [0.717, 1.165) is 32.4 Å². The predicted octanol–water partition coefficient (Wildman–Crippen LogP) is 1.14. The molecule has 0 saturated carbocycles. The van der Waals surface area contributed by atoms with Crippen molar-refractivity contribution in [3.63, 3.8) is 0 Å². The third-order valence-electron chi connectivity index (χ3n) is 2.62. The molecule has 1 aliphatic heterocycles. The molecule has 1 unspecified atom stereocenters. The van der Waals surface area contributed by atoms with Crippen molar-refractivity contribution in [1.29, 1.82) is 5.26 Å². The van der Waals surface area contributed by atoms with Gasteiger partial charge in [-0.25, -0.2) is 0 Å². The van der Waals surface area contributed by atoms with E-state index in [0.29, 0.717) is 0 Å². The Morgan fingerprint density at radius 2 is 2.23 bits per heavy atom. The minimum atomic E-state index is 0.132. The molecule has 3 nitrogen and oxygen atoms in total. The second-order valence-electron chi connectivity index (χ2n) is 3.61. The molecule has 0 aromatic rings. The SMILES string of the molecule is N#CC1CCCCN1CCCCO. The zero-order valence-electron chi connectivity index (χ0n) is 8.08. The van der Waals surface area contributed by atoms with E-state index in [1.54, 1.807) is 0 Å². The molecule has 0 aromatic carbocycles. The summed E-state index contributed by atoms with van der Waals surface area (Å²) in [7, 11) is 0. The standard InChI is InChI=1S/C10H18N2O/c11-9-10-5-1-2-6-12(10)7-3-4-8-13/h10,13H,1-8H2. The molecular weight excluding hydrogens is 164 g/mol. The molecular formula is C10H18N2O. The van der Waals surface area contributed by atoms with Crippen LogP contribution in [0.4, 0.5) is 0 Å². The molecule has 0 bridgehead atoms. The van der Waals surface area contributed by atoms with Crippen LogP contribution in [0, 0.1) is 11.3 Å². The number of nitrogens with zero attached hydrogens (tertiary/aromatic N) is 2. The summed E-state index contributed by atoms with van der Waals surface area (Å²) in [6.07, 6.45) is 5.30. The third-order valence-corrected chi connectivity index (χ3v) is 2.62. The number of rotatable bonds is 4. The molecule has 3 heteroatoms. The summed E-state index contributed by atoms with van der Waals surface area (Å²) in [4.78, 5) is 2.25. The summed E-state index contributed by atoms with van der Waals surface area (Å²) in [6.45, 7) is 2.30. The zero-order chi connectivity index (χ0) is 9.52. The maximum atomic E-state index is 8.88. The number of hydrogen-bond acceptors (Lipinski definition) is 3. The van der Waals surface area contributed by atoms with Gasteiger partial charge in [0.15, 0.2) is 0 Å². The van der Waals surface area contributed by atoms with E-state index in [1.165, 1.54) is 12.8 Å². The minimum Gasteiger partial charge on any atom is -0.396 e. The molecule has 0 aromatic heterocycles. The molecule has 1 heterocycles. The van der Waals surface area contributed by atoms with E-state index >= 15 is 0 Å². The van der Waals surface area contributed by atoms with E-state index in [2.05, 4.69) is 11.0 Å². The number of piperidine rings is 1. The van der Waals surface area contributed by atoms with Gasteiger partial charge in [0.1, 0.15) is 0 Å². The van der Waals surface area contributed by atoms with Crippen molar-refractivity contribution >= 4 is 0 Å². The van der Waals surface area contributed by atoms with E-state index in [9.17, 15) is 0 Å². The lowest BCUT2D eigenvalue weighted by Crippen LogP contribution is -2.39. The van der Waals surface area contributed by atoms with Crippen molar-refractivity contribution < 1.29 is 5.11 Å². The van der Waals surface area contributed by atoms with Crippen molar-refractivity contribution in [3.8, 4) is 6.07 Å². The maximum Gasteiger partial charge on any atom is 0.0977 e. The van der Waals surface area contributed by atoms with Crippen molar-refractivity contribution in [2.75, 3.05) is 19.7 Å². The Bertz CT molecular complexity index is 176. The molecule has 0 aliphatic carbocycles. The molecule has 1 aliphatic rings. The summed E-state index contributed by atoms with van der Waals surface area (Å²) in [5, 5.41) is 17.5. The fraction of sp³-hybridized carbons (Fsp3) is 0.900. The Hall–Kier alpha value is -0.590. The van der Waals surface area contributed by atoms with Crippen LogP contribution in [0.25, 0.3) is 0 Å². The summed E-state index contributed by atoms with van der Waals surface area (Å²) < 4.78 is 0. The first-order valence-electron chi connectivity index (χ1n) is 5.13. The fourth-order valence-corrected chi connectivity index (χ4v) is 1.83. The monoisotopic (exact) mass is 182 g/mol. The lowest BCUT2D eigenvalue weighted by molar-refractivity contribution is 0.175. The van der Waals surface area contributed by atoms with Crippen LogP contribution in [0.5, 0.6) is 0 Å². The second kappa shape index (κ2) is 5.95. The van der Waals surface area contributed by atoms with Gasteiger partial charge in [-0.2, -0.15) is 5.26 Å². The van der Waals surface area contributed by atoms with Crippen LogP contribution in [0.3, 0.4) is 0 Å². The molecule has 0 amide bonds. The van der Waals surface area contributed by atoms with Gasteiger partial charge in [0.05, 0.1) is 12.1 Å². The number of nitriles is 1. The van der Waals surface area contributed by atoms with E-state index in [1.807, 2.05) is 0 Å². The van der Waals surface area contributed by atoms with E-state index < -0.39 is 0 Å². The quantitative estimate of drug-likeness (QED) is 0.663. The largest absolute Gasteiger partial charge is 0.396 e. The van der Waals surface area contributed by atoms with Crippen molar-refractivity contribution in [1.82, 2.24) is 4.90 Å². The molecule has 1 atom stereocenters. The van der Waals surface area contributed by atoms with Gasteiger partial charge in [0, 0.05) is 6.61 Å². The third kappa shape index (κ3) is 3.33. The fourth-order valence-electron chi connectivity index (χ4n) is 1.83. The molecule has 1 fully saturated rings. The highest BCUT2D eigenvalue weighted by molar-refractivity contribution is 4.93. The highest BCUT2D eigenvalue weighted by Gasteiger charge is 2.20. The van der Waals surface area contributed by atoms with Crippen LogP contribution < -0.4 is 0 Å². The van der Waals surface area contributed by atoms with Crippen LogP contribution in [-0.2, 0) is 0 Å². The van der Waals surface area contributed by atoms with Gasteiger partial charge in [-0.1, -0.05) is 0 Å². The van der Waals surface area contributed by atoms with Crippen LogP contribution in [0.2, 0.25) is 0 Å². The minimum absolute atomic E-state index is 0.132. The van der Waals surface area contributed by atoms with Gasteiger partial charge in [-0.15, -0.1) is 0 Å². The van der Waals surface area contributed by atoms with Gasteiger partial charge in [0.2, 0.25) is 0 Å². The Morgan fingerprint density at radius 3 is 2.92 bits per heavy atom. The molecule has 0 radical (unpaired) electrons. The Balaban J connectivity index is 2.24. The number of unbranched alkanes of at least 4 members (excludes halogenated alkanes) is 1. The number of aliphatic hydroxyl groups is 1. The van der Waals surface area contributed by atoms with Gasteiger partial charge < -0.3 is 5.11 Å². The molecule has 74 valence electrons. The van der Waals surface area contributed by atoms with Crippen molar-refractivity contribution in [2.24, 2.45) is 0 Å².